The highest BCUT2D eigenvalue weighted by molar-refractivity contribution is 7.85. The summed E-state index contributed by atoms with van der Waals surface area (Å²) in [5.74, 6) is 0.525. The molecule has 3 rings (SSSR count). The van der Waals surface area contributed by atoms with Crippen LogP contribution in [0.4, 0.5) is 0 Å². The fraction of sp³-hybridized carbons (Fsp3) is 0.381. The molecule has 0 aliphatic carbocycles. The van der Waals surface area contributed by atoms with Gasteiger partial charge in [-0.15, -0.1) is 0 Å². The topological polar surface area (TPSA) is 88.1 Å². The highest BCUT2D eigenvalue weighted by atomic mass is 32.2. The molecule has 3 atom stereocenters. The Bertz CT molecular complexity index is 927. The van der Waals surface area contributed by atoms with Gasteiger partial charge >= 0.3 is 5.97 Å². The second-order valence-corrected chi connectivity index (χ2v) is 8.71. The Labute approximate surface area is 170 Å². The first-order valence-corrected chi connectivity index (χ1v) is 11.1. The van der Waals surface area contributed by atoms with E-state index < -0.39 is 16.4 Å². The second kappa shape index (κ2) is 9.39. The molecule has 0 spiro atoms. The monoisotopic (exact) mass is 420 g/mol. The van der Waals surface area contributed by atoms with E-state index in [4.69, 9.17) is 18.4 Å². The Balaban J connectivity index is 1.59. The Morgan fingerprint density at radius 2 is 1.83 bits per heavy atom. The minimum absolute atomic E-state index is 0.0274. The number of esters is 1. The average Bonchev–Trinajstić information content (AvgIpc) is 3.06. The lowest BCUT2D eigenvalue weighted by Gasteiger charge is -2.23. The fourth-order valence-corrected chi connectivity index (χ4v) is 3.50. The number of hydrogen-bond acceptors (Lipinski definition) is 7. The van der Waals surface area contributed by atoms with Crippen molar-refractivity contribution in [3.63, 3.8) is 0 Å². The normalized spacial score (nSPS) is 20.3. The van der Waals surface area contributed by atoms with E-state index in [0.717, 1.165) is 17.6 Å². The molecule has 8 heteroatoms. The van der Waals surface area contributed by atoms with Crippen LogP contribution in [0, 0.1) is 11.8 Å². The Hall–Kier alpha value is -2.42. The molecular formula is C21H24O7S. The SMILES string of the molecule is CC(COS(C)(=O)=O)C1CC(=O)OC1OCc1cccc(Oc2ccccc2)c1. The van der Waals surface area contributed by atoms with Gasteiger partial charge in [0.05, 0.1) is 25.9 Å². The number of para-hydroxylation sites is 1. The second-order valence-electron chi connectivity index (χ2n) is 7.07. The van der Waals surface area contributed by atoms with Gasteiger partial charge < -0.3 is 14.2 Å². The molecule has 3 unspecified atom stereocenters. The fourth-order valence-electron chi connectivity index (χ4n) is 3.04. The zero-order chi connectivity index (χ0) is 20.9. The summed E-state index contributed by atoms with van der Waals surface area (Å²) in [6.07, 6.45) is 0.407. The summed E-state index contributed by atoms with van der Waals surface area (Å²) in [4.78, 5) is 11.8. The van der Waals surface area contributed by atoms with Gasteiger partial charge in [-0.05, 0) is 35.7 Å². The van der Waals surface area contributed by atoms with Crippen LogP contribution < -0.4 is 4.74 Å². The molecule has 1 fully saturated rings. The Morgan fingerprint density at radius 1 is 1.10 bits per heavy atom. The lowest BCUT2D eigenvalue weighted by Crippen LogP contribution is -2.28. The molecule has 2 aromatic rings. The molecule has 7 nitrogen and oxygen atoms in total. The molecule has 0 N–H and O–H groups in total. The molecule has 0 saturated carbocycles. The van der Waals surface area contributed by atoms with E-state index in [0.29, 0.717) is 5.75 Å². The predicted molar refractivity (Wildman–Crippen MR) is 106 cm³/mol. The van der Waals surface area contributed by atoms with Crippen molar-refractivity contribution >= 4 is 16.1 Å². The molecule has 0 radical (unpaired) electrons. The zero-order valence-corrected chi connectivity index (χ0v) is 17.1. The maximum atomic E-state index is 11.8. The van der Waals surface area contributed by atoms with Gasteiger partial charge in [0, 0.05) is 5.92 Å². The zero-order valence-electron chi connectivity index (χ0n) is 16.3. The molecule has 1 saturated heterocycles. The molecule has 1 aliphatic rings. The van der Waals surface area contributed by atoms with E-state index in [1.165, 1.54) is 0 Å². The highest BCUT2D eigenvalue weighted by Crippen LogP contribution is 2.31. The van der Waals surface area contributed by atoms with Crippen molar-refractivity contribution in [2.24, 2.45) is 11.8 Å². The number of benzene rings is 2. The van der Waals surface area contributed by atoms with Gasteiger partial charge in [-0.25, -0.2) is 0 Å². The van der Waals surface area contributed by atoms with Crippen molar-refractivity contribution < 1.29 is 31.6 Å². The van der Waals surface area contributed by atoms with Gasteiger partial charge in [-0.1, -0.05) is 37.3 Å². The van der Waals surface area contributed by atoms with Gasteiger partial charge in [0.15, 0.2) is 0 Å². The average molecular weight is 420 g/mol. The molecule has 156 valence electrons. The number of ether oxygens (including phenoxy) is 3. The van der Waals surface area contributed by atoms with E-state index in [2.05, 4.69) is 0 Å². The van der Waals surface area contributed by atoms with E-state index in [9.17, 15) is 13.2 Å². The van der Waals surface area contributed by atoms with Crippen molar-refractivity contribution in [1.82, 2.24) is 0 Å². The summed E-state index contributed by atoms with van der Waals surface area (Å²) in [6.45, 7) is 2.00. The van der Waals surface area contributed by atoms with Crippen molar-refractivity contribution in [3.8, 4) is 11.5 Å². The summed E-state index contributed by atoms with van der Waals surface area (Å²) >= 11 is 0. The van der Waals surface area contributed by atoms with Crippen LogP contribution in [0.2, 0.25) is 0 Å². The lowest BCUT2D eigenvalue weighted by atomic mass is 9.93. The Kier molecular flexibility index (Phi) is 6.89. The first-order valence-electron chi connectivity index (χ1n) is 9.27. The van der Waals surface area contributed by atoms with E-state index in [1.54, 1.807) is 0 Å². The number of carbonyl (C=O) groups excluding carboxylic acids is 1. The van der Waals surface area contributed by atoms with Crippen LogP contribution in [0.15, 0.2) is 54.6 Å². The molecular weight excluding hydrogens is 396 g/mol. The number of carbonyl (C=O) groups is 1. The largest absolute Gasteiger partial charge is 0.457 e. The summed E-state index contributed by atoms with van der Waals surface area (Å²) in [7, 11) is -3.55. The standard InChI is InChI=1S/C21H24O7S/c1-15(13-26-29(2,23)24)19-12-20(22)28-21(19)25-14-16-7-6-10-18(11-16)27-17-8-4-3-5-9-17/h3-11,15,19,21H,12-14H2,1-2H3. The van der Waals surface area contributed by atoms with Gasteiger partial charge in [-0.2, -0.15) is 8.42 Å². The van der Waals surface area contributed by atoms with Crippen LogP contribution in [0.5, 0.6) is 11.5 Å². The van der Waals surface area contributed by atoms with E-state index in [-0.39, 0.29) is 37.4 Å². The summed E-state index contributed by atoms with van der Waals surface area (Å²) in [5.41, 5.74) is 0.861. The first-order chi connectivity index (χ1) is 13.8. The quantitative estimate of drug-likeness (QED) is 0.453. The smallest absolute Gasteiger partial charge is 0.308 e. The van der Waals surface area contributed by atoms with Crippen LogP contribution in [-0.2, 0) is 35.2 Å². The van der Waals surface area contributed by atoms with E-state index >= 15 is 0 Å². The van der Waals surface area contributed by atoms with Gasteiger partial charge in [0.1, 0.15) is 11.5 Å². The van der Waals surface area contributed by atoms with Gasteiger partial charge in [0.25, 0.3) is 10.1 Å². The van der Waals surface area contributed by atoms with Gasteiger partial charge in [0.2, 0.25) is 6.29 Å². The molecule has 2 aromatic carbocycles. The highest BCUT2D eigenvalue weighted by Gasteiger charge is 2.39. The molecule has 0 aromatic heterocycles. The minimum Gasteiger partial charge on any atom is -0.457 e. The maximum Gasteiger partial charge on any atom is 0.308 e. The molecule has 29 heavy (non-hydrogen) atoms. The molecule has 1 aliphatic heterocycles. The van der Waals surface area contributed by atoms with Crippen molar-refractivity contribution in [3.05, 3.63) is 60.2 Å². The lowest BCUT2D eigenvalue weighted by molar-refractivity contribution is -0.173. The van der Waals surface area contributed by atoms with E-state index in [1.807, 2.05) is 61.5 Å². The van der Waals surface area contributed by atoms with Crippen LogP contribution >= 0.6 is 0 Å². The first kappa shape index (κ1) is 21.3. The molecule has 1 heterocycles. The van der Waals surface area contributed by atoms with Crippen molar-refractivity contribution in [1.29, 1.82) is 0 Å². The molecule has 0 amide bonds. The van der Waals surface area contributed by atoms with Crippen LogP contribution in [0.25, 0.3) is 0 Å². The summed E-state index contributed by atoms with van der Waals surface area (Å²) in [5, 5.41) is 0. The number of cyclic esters (lactones) is 1. The van der Waals surface area contributed by atoms with Crippen molar-refractivity contribution in [2.75, 3.05) is 12.9 Å². The van der Waals surface area contributed by atoms with Crippen LogP contribution in [0.3, 0.4) is 0 Å². The third kappa shape index (κ3) is 6.56. The number of hydrogen-bond donors (Lipinski definition) is 0. The van der Waals surface area contributed by atoms with Gasteiger partial charge in [-0.3, -0.25) is 8.98 Å². The van der Waals surface area contributed by atoms with Crippen LogP contribution in [0.1, 0.15) is 18.9 Å². The van der Waals surface area contributed by atoms with Crippen molar-refractivity contribution in [2.45, 2.75) is 26.2 Å². The third-order valence-corrected chi connectivity index (χ3v) is 5.13. The van der Waals surface area contributed by atoms with Crippen LogP contribution in [-0.4, -0.2) is 33.5 Å². The third-order valence-electron chi connectivity index (χ3n) is 4.57. The maximum absolute atomic E-state index is 11.8. The Morgan fingerprint density at radius 3 is 2.55 bits per heavy atom. The summed E-state index contributed by atoms with van der Waals surface area (Å²) < 4.78 is 44.2. The minimum atomic E-state index is -3.55. The predicted octanol–water partition coefficient (Wildman–Crippen LogP) is 3.50. The number of rotatable bonds is 9. The molecule has 0 bridgehead atoms. The summed E-state index contributed by atoms with van der Waals surface area (Å²) in [6, 6.07) is 16.9.